The summed E-state index contributed by atoms with van der Waals surface area (Å²) in [6.45, 7) is 5.45. The summed E-state index contributed by atoms with van der Waals surface area (Å²) in [6.07, 6.45) is -0.435. The molecule has 1 amide bonds. The molecule has 0 aliphatic rings. The fourth-order valence-electron chi connectivity index (χ4n) is 3.76. The van der Waals surface area contributed by atoms with Crippen LogP contribution in [0.4, 0.5) is 4.79 Å². The molecule has 3 aromatic rings. The normalized spacial score (nSPS) is 12.7. The summed E-state index contributed by atoms with van der Waals surface area (Å²) >= 11 is 1.02. The van der Waals surface area contributed by atoms with E-state index in [2.05, 4.69) is 10.3 Å². The lowest BCUT2D eigenvalue weighted by molar-refractivity contribution is 0.137. The summed E-state index contributed by atoms with van der Waals surface area (Å²) in [5.74, 6) is -0.219. The number of hydrogen-bond acceptors (Lipinski definition) is 6. The minimum Gasteiger partial charge on any atom is -0.506 e. The van der Waals surface area contributed by atoms with E-state index in [-0.39, 0.29) is 41.7 Å². The molecule has 0 saturated heterocycles. The molecule has 1 unspecified atom stereocenters. The number of benzene rings is 2. The number of thiazole rings is 1. The summed E-state index contributed by atoms with van der Waals surface area (Å²) in [5.41, 5.74) is 1.98. The number of nitrogens with one attached hydrogen (secondary N) is 2. The van der Waals surface area contributed by atoms with Gasteiger partial charge in [-0.1, -0.05) is 61.6 Å². The van der Waals surface area contributed by atoms with Gasteiger partial charge in [-0.15, -0.1) is 0 Å². The highest BCUT2D eigenvalue weighted by atomic mass is 32.1. The number of nitrogens with zero attached hydrogens (tertiary/aromatic N) is 1. The Morgan fingerprint density at radius 3 is 2.61 bits per heavy atom. The Kier molecular flexibility index (Phi) is 8.12. The zero-order valence-corrected chi connectivity index (χ0v) is 19.7. The first-order valence-electron chi connectivity index (χ1n) is 10.9. The molecule has 1 heterocycles. The fourth-order valence-corrected chi connectivity index (χ4v) is 4.71. The molecule has 1 atom stereocenters. The van der Waals surface area contributed by atoms with Gasteiger partial charge in [0, 0.05) is 44.1 Å². The van der Waals surface area contributed by atoms with Crippen molar-refractivity contribution in [1.29, 1.82) is 0 Å². The second kappa shape index (κ2) is 10.8. The maximum Gasteiger partial charge on any atom is 0.407 e. The minimum absolute atomic E-state index is 0.00338. The van der Waals surface area contributed by atoms with Gasteiger partial charge in [0.05, 0.1) is 4.70 Å². The molecule has 3 rings (SSSR count). The van der Waals surface area contributed by atoms with Crippen LogP contribution < -0.4 is 10.2 Å². The lowest BCUT2D eigenvalue weighted by atomic mass is 9.91. The second-order valence-corrected chi connectivity index (χ2v) is 9.99. The Morgan fingerprint density at radius 2 is 1.94 bits per heavy atom. The number of aliphatic hydroxyl groups is 1. The van der Waals surface area contributed by atoms with Crippen molar-refractivity contribution >= 4 is 27.6 Å². The highest BCUT2D eigenvalue weighted by Crippen LogP contribution is 2.34. The van der Waals surface area contributed by atoms with E-state index >= 15 is 0 Å². The monoisotopic (exact) mass is 473 g/mol. The van der Waals surface area contributed by atoms with Crippen LogP contribution in [0.1, 0.15) is 30.9 Å². The molecule has 5 N–H and O–H groups in total. The molecule has 1 aromatic heterocycles. The van der Waals surface area contributed by atoms with Crippen molar-refractivity contribution in [3.8, 4) is 5.75 Å². The van der Waals surface area contributed by atoms with Crippen LogP contribution in [0.15, 0.2) is 47.3 Å². The first kappa shape index (κ1) is 24.8. The molecule has 9 heteroatoms. The number of aromatic amines is 1. The number of carboxylic acid groups (broad SMARTS) is 1. The zero-order valence-electron chi connectivity index (χ0n) is 18.9. The average molecular weight is 474 g/mol. The third kappa shape index (κ3) is 6.56. The zero-order chi connectivity index (χ0) is 24.0. The summed E-state index contributed by atoms with van der Waals surface area (Å²) in [6, 6.07) is 13.1. The largest absolute Gasteiger partial charge is 0.506 e. The molecule has 0 aliphatic carbocycles. The van der Waals surface area contributed by atoms with Crippen LogP contribution in [-0.4, -0.2) is 64.1 Å². The van der Waals surface area contributed by atoms with Crippen molar-refractivity contribution in [2.45, 2.75) is 26.2 Å². The van der Waals surface area contributed by atoms with Gasteiger partial charge in [-0.25, -0.2) is 4.79 Å². The molecule has 2 aromatic carbocycles. The van der Waals surface area contributed by atoms with Crippen molar-refractivity contribution in [2.24, 2.45) is 5.41 Å². The predicted octanol–water partition coefficient (Wildman–Crippen LogP) is 3.21. The molecule has 0 spiro atoms. The topological polar surface area (TPSA) is 126 Å². The first-order chi connectivity index (χ1) is 15.7. The third-order valence-corrected chi connectivity index (χ3v) is 6.59. The summed E-state index contributed by atoms with van der Waals surface area (Å²) in [5, 5.41) is 32.7. The maximum atomic E-state index is 12.1. The molecule has 0 fully saturated rings. The molecule has 0 radical (unpaired) electrons. The maximum absolute atomic E-state index is 12.1. The number of amides is 1. The summed E-state index contributed by atoms with van der Waals surface area (Å²) in [4.78, 5) is 27.8. The Labute approximate surface area is 196 Å². The predicted molar refractivity (Wildman–Crippen MR) is 130 cm³/mol. The number of aliphatic hydroxyl groups excluding tert-OH is 1. The van der Waals surface area contributed by atoms with E-state index in [1.165, 1.54) is 4.90 Å². The number of phenols is 1. The van der Waals surface area contributed by atoms with Crippen LogP contribution in [0.25, 0.3) is 10.2 Å². The van der Waals surface area contributed by atoms with Crippen LogP contribution in [0, 0.1) is 5.41 Å². The quantitative estimate of drug-likeness (QED) is 0.272. The van der Waals surface area contributed by atoms with Crippen molar-refractivity contribution < 1.29 is 20.1 Å². The SMILES string of the molecule is CC(C)(CO)CNCCN(CC(Cc1ccccc1)c1ccc(O)c2[nH]c(=O)sc12)C(=O)O. The Bertz CT molecular complexity index is 1130. The van der Waals surface area contributed by atoms with E-state index in [0.717, 1.165) is 22.5 Å². The summed E-state index contributed by atoms with van der Waals surface area (Å²) in [7, 11) is 0. The Hall–Kier alpha value is -2.88. The molecule has 0 saturated carbocycles. The van der Waals surface area contributed by atoms with E-state index in [9.17, 15) is 24.9 Å². The highest BCUT2D eigenvalue weighted by molar-refractivity contribution is 7.16. The molecular formula is C24H31N3O5S. The number of rotatable bonds is 11. The number of carbonyl (C=O) groups is 1. The van der Waals surface area contributed by atoms with Gasteiger partial charge < -0.3 is 30.5 Å². The van der Waals surface area contributed by atoms with Crippen LogP contribution in [0.2, 0.25) is 0 Å². The molecule has 0 bridgehead atoms. The van der Waals surface area contributed by atoms with Gasteiger partial charge in [0.1, 0.15) is 11.3 Å². The van der Waals surface area contributed by atoms with Gasteiger partial charge in [0.2, 0.25) is 0 Å². The standard InChI is InChI=1S/C24H31N3O5S/c1-24(2,15-28)14-25-10-11-27(23(31)32)13-17(12-16-6-4-3-5-7-16)18-8-9-19(29)20-21(18)33-22(30)26-20/h3-9,17,25,28-29H,10-15H2,1-2H3,(H,26,30)(H,31,32). The van der Waals surface area contributed by atoms with Crippen LogP contribution in [0.5, 0.6) is 5.75 Å². The fraction of sp³-hybridized carbons (Fsp3) is 0.417. The van der Waals surface area contributed by atoms with Crippen molar-refractivity contribution in [1.82, 2.24) is 15.2 Å². The minimum atomic E-state index is -1.02. The van der Waals surface area contributed by atoms with Gasteiger partial charge in [0.15, 0.2) is 0 Å². The second-order valence-electron chi connectivity index (χ2n) is 9.01. The summed E-state index contributed by atoms with van der Waals surface area (Å²) < 4.78 is 0.647. The molecule has 178 valence electrons. The van der Waals surface area contributed by atoms with E-state index in [0.29, 0.717) is 29.7 Å². The van der Waals surface area contributed by atoms with Crippen LogP contribution in [0.3, 0.4) is 0 Å². The van der Waals surface area contributed by atoms with Crippen molar-refractivity contribution in [2.75, 3.05) is 32.8 Å². The number of phenolic OH excluding ortho intramolecular Hbond substituents is 1. The van der Waals surface area contributed by atoms with Crippen molar-refractivity contribution in [3.63, 3.8) is 0 Å². The molecule has 8 nitrogen and oxygen atoms in total. The van der Waals surface area contributed by atoms with Gasteiger partial charge in [-0.3, -0.25) is 4.79 Å². The van der Waals surface area contributed by atoms with E-state index < -0.39 is 6.09 Å². The van der Waals surface area contributed by atoms with Gasteiger partial charge in [-0.2, -0.15) is 0 Å². The van der Waals surface area contributed by atoms with E-state index in [4.69, 9.17) is 0 Å². The highest BCUT2D eigenvalue weighted by Gasteiger charge is 2.24. The van der Waals surface area contributed by atoms with Gasteiger partial charge >= 0.3 is 11.0 Å². The molecular weight excluding hydrogens is 442 g/mol. The van der Waals surface area contributed by atoms with Gasteiger partial charge in [-0.05, 0) is 23.6 Å². The number of H-pyrrole nitrogens is 1. The third-order valence-electron chi connectivity index (χ3n) is 5.65. The Morgan fingerprint density at radius 1 is 1.21 bits per heavy atom. The average Bonchev–Trinajstić information content (AvgIpc) is 3.18. The lowest BCUT2D eigenvalue weighted by Crippen LogP contribution is -2.41. The number of fused-ring (bicyclic) bond motifs is 1. The van der Waals surface area contributed by atoms with E-state index in [1.54, 1.807) is 12.1 Å². The molecule has 0 aliphatic heterocycles. The lowest BCUT2D eigenvalue weighted by Gasteiger charge is -2.27. The van der Waals surface area contributed by atoms with Gasteiger partial charge in [0.25, 0.3) is 0 Å². The number of hydrogen-bond donors (Lipinski definition) is 5. The van der Waals surface area contributed by atoms with E-state index in [1.807, 2.05) is 44.2 Å². The Balaban J connectivity index is 1.85. The van der Waals surface area contributed by atoms with Crippen molar-refractivity contribution in [3.05, 3.63) is 63.3 Å². The smallest absolute Gasteiger partial charge is 0.407 e. The first-order valence-corrected chi connectivity index (χ1v) is 11.7. The number of aromatic hydroxyl groups is 1. The molecule has 33 heavy (non-hydrogen) atoms. The van der Waals surface area contributed by atoms with Crippen LogP contribution in [-0.2, 0) is 6.42 Å². The van der Waals surface area contributed by atoms with Crippen LogP contribution >= 0.6 is 11.3 Å². The number of aromatic nitrogens is 1.